The molecule has 0 aliphatic rings. The number of pyridine rings is 1. The van der Waals surface area contributed by atoms with Gasteiger partial charge in [0.2, 0.25) is 0 Å². The summed E-state index contributed by atoms with van der Waals surface area (Å²) < 4.78 is 0. The largest absolute Gasteiger partial charge is 0.480 e. The average molecular weight is 282 g/mol. The van der Waals surface area contributed by atoms with E-state index in [1.165, 1.54) is 0 Å². The van der Waals surface area contributed by atoms with Gasteiger partial charge in [0.25, 0.3) is 0 Å². The zero-order valence-corrected chi connectivity index (χ0v) is 12.4. The molecule has 0 spiro atoms. The summed E-state index contributed by atoms with van der Waals surface area (Å²) in [5, 5.41) is 13.3. The van der Waals surface area contributed by atoms with Crippen LogP contribution >= 0.6 is 11.8 Å². The molecule has 0 saturated carbocycles. The third-order valence-electron chi connectivity index (χ3n) is 3.00. The highest BCUT2D eigenvalue weighted by molar-refractivity contribution is 7.99. The standard InChI is InChI=1S/C14H22N2O2S/c1-3-16-14(2,13(17)18)9-5-7-11-19-12-8-4-6-10-15-12/h4,6,8,10,16H,3,5,7,9,11H2,1-2H3,(H,17,18). The average Bonchev–Trinajstić information content (AvgIpc) is 2.39. The predicted molar refractivity (Wildman–Crippen MR) is 78.5 cm³/mol. The lowest BCUT2D eigenvalue weighted by Crippen LogP contribution is -2.49. The molecular weight excluding hydrogens is 260 g/mol. The van der Waals surface area contributed by atoms with E-state index in [2.05, 4.69) is 10.3 Å². The predicted octanol–water partition coefficient (Wildman–Crippen LogP) is 2.80. The molecule has 1 heterocycles. The topological polar surface area (TPSA) is 62.2 Å². The summed E-state index contributed by atoms with van der Waals surface area (Å²) in [6, 6.07) is 5.87. The summed E-state index contributed by atoms with van der Waals surface area (Å²) in [5.74, 6) is 0.200. The number of nitrogens with one attached hydrogen (secondary N) is 1. The van der Waals surface area contributed by atoms with E-state index in [0.717, 1.165) is 23.6 Å². The zero-order valence-electron chi connectivity index (χ0n) is 11.6. The van der Waals surface area contributed by atoms with Crippen molar-refractivity contribution in [2.24, 2.45) is 0 Å². The molecule has 106 valence electrons. The number of nitrogens with zero attached hydrogens (tertiary/aromatic N) is 1. The molecule has 1 aromatic rings. The molecule has 0 amide bonds. The quantitative estimate of drug-likeness (QED) is 0.538. The molecule has 1 aromatic heterocycles. The van der Waals surface area contributed by atoms with Gasteiger partial charge in [-0.2, -0.15) is 0 Å². The minimum absolute atomic E-state index is 0.652. The minimum atomic E-state index is -0.801. The van der Waals surface area contributed by atoms with Crippen LogP contribution in [-0.2, 0) is 4.79 Å². The number of thioether (sulfide) groups is 1. The maximum absolute atomic E-state index is 11.2. The lowest BCUT2D eigenvalue weighted by molar-refractivity contribution is -0.144. The highest BCUT2D eigenvalue weighted by Crippen LogP contribution is 2.19. The van der Waals surface area contributed by atoms with Crippen molar-refractivity contribution in [3.63, 3.8) is 0 Å². The van der Waals surface area contributed by atoms with Gasteiger partial charge in [-0.15, -0.1) is 11.8 Å². The summed E-state index contributed by atoms with van der Waals surface area (Å²) in [5.41, 5.74) is -0.801. The highest BCUT2D eigenvalue weighted by Gasteiger charge is 2.30. The molecule has 0 aromatic carbocycles. The maximum Gasteiger partial charge on any atom is 0.323 e. The minimum Gasteiger partial charge on any atom is -0.480 e. The van der Waals surface area contributed by atoms with Crippen molar-refractivity contribution in [2.45, 2.75) is 43.7 Å². The molecule has 4 nitrogen and oxygen atoms in total. The molecule has 0 radical (unpaired) electrons. The van der Waals surface area contributed by atoms with Crippen LogP contribution in [0.3, 0.4) is 0 Å². The molecule has 0 aliphatic carbocycles. The van der Waals surface area contributed by atoms with Gasteiger partial charge in [0.05, 0.1) is 5.03 Å². The van der Waals surface area contributed by atoms with E-state index in [9.17, 15) is 9.90 Å². The Morgan fingerprint density at radius 1 is 1.47 bits per heavy atom. The Morgan fingerprint density at radius 3 is 2.84 bits per heavy atom. The van der Waals surface area contributed by atoms with Crippen LogP contribution in [0.2, 0.25) is 0 Å². The Morgan fingerprint density at radius 2 is 2.26 bits per heavy atom. The van der Waals surface area contributed by atoms with Crippen molar-refractivity contribution in [2.75, 3.05) is 12.3 Å². The summed E-state index contributed by atoms with van der Waals surface area (Å²) in [6.07, 6.45) is 4.33. The van der Waals surface area contributed by atoms with Gasteiger partial charge in [0.1, 0.15) is 5.54 Å². The van der Waals surface area contributed by atoms with Crippen molar-refractivity contribution >= 4 is 17.7 Å². The van der Waals surface area contributed by atoms with Crippen LogP contribution in [0.15, 0.2) is 29.4 Å². The number of hydrogen-bond acceptors (Lipinski definition) is 4. The van der Waals surface area contributed by atoms with Crippen molar-refractivity contribution in [1.29, 1.82) is 0 Å². The van der Waals surface area contributed by atoms with Gasteiger partial charge in [0, 0.05) is 6.20 Å². The Bertz CT molecular complexity index is 386. The fourth-order valence-electron chi connectivity index (χ4n) is 1.85. The smallest absolute Gasteiger partial charge is 0.323 e. The Kier molecular flexibility index (Phi) is 6.87. The third kappa shape index (κ3) is 5.61. The number of aromatic nitrogens is 1. The van der Waals surface area contributed by atoms with Crippen LogP contribution < -0.4 is 5.32 Å². The molecule has 1 rings (SSSR count). The van der Waals surface area contributed by atoms with E-state index in [4.69, 9.17) is 0 Å². The SMILES string of the molecule is CCNC(C)(CCCCSc1ccccn1)C(=O)O. The zero-order chi connectivity index (χ0) is 14.1. The van der Waals surface area contributed by atoms with Crippen LogP contribution in [0.1, 0.15) is 33.1 Å². The van der Waals surface area contributed by atoms with Gasteiger partial charge in [-0.05, 0) is 44.2 Å². The first-order chi connectivity index (χ1) is 9.08. The number of carboxylic acid groups (broad SMARTS) is 1. The molecule has 2 N–H and O–H groups in total. The lowest BCUT2D eigenvalue weighted by Gasteiger charge is -2.25. The van der Waals surface area contributed by atoms with Crippen molar-refractivity contribution in [3.8, 4) is 0 Å². The highest BCUT2D eigenvalue weighted by atomic mass is 32.2. The van der Waals surface area contributed by atoms with Gasteiger partial charge in [-0.25, -0.2) is 4.98 Å². The molecule has 0 saturated heterocycles. The second kappa shape index (κ2) is 8.17. The lowest BCUT2D eigenvalue weighted by atomic mass is 9.95. The fraction of sp³-hybridized carbons (Fsp3) is 0.571. The number of hydrogen-bond donors (Lipinski definition) is 2. The Balaban J connectivity index is 2.24. The number of carboxylic acids is 1. The summed E-state index contributed by atoms with van der Waals surface area (Å²) in [4.78, 5) is 15.5. The molecular formula is C14H22N2O2S. The first kappa shape index (κ1) is 16.0. The molecule has 0 bridgehead atoms. The van der Waals surface area contributed by atoms with Gasteiger partial charge < -0.3 is 10.4 Å². The molecule has 1 atom stereocenters. The molecule has 1 unspecified atom stereocenters. The van der Waals surface area contributed by atoms with E-state index >= 15 is 0 Å². The van der Waals surface area contributed by atoms with Crippen molar-refractivity contribution in [1.82, 2.24) is 10.3 Å². The normalized spacial score (nSPS) is 14.0. The first-order valence-corrected chi connectivity index (χ1v) is 7.59. The number of likely N-dealkylation sites (N-methyl/N-ethyl adjacent to an activating group) is 1. The first-order valence-electron chi connectivity index (χ1n) is 6.61. The van der Waals surface area contributed by atoms with E-state index in [0.29, 0.717) is 13.0 Å². The van der Waals surface area contributed by atoms with Crippen LogP contribution in [0.5, 0.6) is 0 Å². The second-order valence-corrected chi connectivity index (χ2v) is 5.76. The number of aliphatic carboxylic acids is 1. The molecule has 5 heteroatoms. The summed E-state index contributed by atoms with van der Waals surface area (Å²) in [6.45, 7) is 4.36. The fourth-order valence-corrected chi connectivity index (χ4v) is 2.72. The second-order valence-electron chi connectivity index (χ2n) is 4.64. The monoisotopic (exact) mass is 282 g/mol. The third-order valence-corrected chi connectivity index (χ3v) is 4.03. The molecule has 0 fully saturated rings. The molecule has 19 heavy (non-hydrogen) atoms. The van der Waals surface area contributed by atoms with Crippen LogP contribution in [0, 0.1) is 0 Å². The summed E-state index contributed by atoms with van der Waals surface area (Å²) in [7, 11) is 0. The van der Waals surface area contributed by atoms with E-state index in [-0.39, 0.29) is 0 Å². The van der Waals surface area contributed by atoms with E-state index < -0.39 is 11.5 Å². The Hall–Kier alpha value is -1.07. The number of carbonyl (C=O) groups is 1. The van der Waals surface area contributed by atoms with Gasteiger partial charge in [-0.1, -0.05) is 19.4 Å². The van der Waals surface area contributed by atoms with E-state index in [1.54, 1.807) is 24.9 Å². The maximum atomic E-state index is 11.2. The van der Waals surface area contributed by atoms with Gasteiger partial charge in [0.15, 0.2) is 0 Å². The van der Waals surface area contributed by atoms with Crippen molar-refractivity contribution in [3.05, 3.63) is 24.4 Å². The molecule has 0 aliphatic heterocycles. The number of unbranched alkanes of at least 4 members (excludes halogenated alkanes) is 1. The van der Waals surface area contributed by atoms with Crippen LogP contribution in [0.4, 0.5) is 0 Å². The van der Waals surface area contributed by atoms with Crippen molar-refractivity contribution < 1.29 is 9.90 Å². The van der Waals surface area contributed by atoms with Crippen LogP contribution in [0.25, 0.3) is 0 Å². The Labute approximate surface area is 119 Å². The van der Waals surface area contributed by atoms with Gasteiger partial charge >= 0.3 is 5.97 Å². The number of rotatable bonds is 9. The van der Waals surface area contributed by atoms with E-state index in [1.807, 2.05) is 25.1 Å². The van der Waals surface area contributed by atoms with Gasteiger partial charge in [-0.3, -0.25) is 4.79 Å². The van der Waals surface area contributed by atoms with Crippen LogP contribution in [-0.4, -0.2) is 33.9 Å². The summed E-state index contributed by atoms with van der Waals surface area (Å²) >= 11 is 1.71.